The minimum absolute atomic E-state index is 0.780. The summed E-state index contributed by atoms with van der Waals surface area (Å²) in [6.45, 7) is 6.11. The molecular formula is C20H32N4. The van der Waals surface area contributed by atoms with E-state index in [2.05, 4.69) is 58.4 Å². The van der Waals surface area contributed by atoms with E-state index >= 15 is 0 Å². The predicted molar refractivity (Wildman–Crippen MR) is 106 cm³/mol. The Morgan fingerprint density at radius 2 is 1.33 bits per heavy atom. The van der Waals surface area contributed by atoms with Gasteiger partial charge in [0, 0.05) is 12.2 Å². The molecule has 5 N–H and O–H groups in total. The summed E-state index contributed by atoms with van der Waals surface area (Å²) >= 11 is 0. The van der Waals surface area contributed by atoms with Crippen LogP contribution in [0.5, 0.6) is 0 Å². The van der Waals surface area contributed by atoms with Crippen LogP contribution in [0.3, 0.4) is 0 Å². The van der Waals surface area contributed by atoms with Crippen LogP contribution in [0.4, 0.5) is 5.69 Å². The fourth-order valence-electron chi connectivity index (χ4n) is 2.72. The highest BCUT2D eigenvalue weighted by molar-refractivity contribution is 5.85. The van der Waals surface area contributed by atoms with Crippen LogP contribution in [-0.2, 0) is 0 Å². The monoisotopic (exact) mass is 328 g/mol. The van der Waals surface area contributed by atoms with Gasteiger partial charge >= 0.3 is 0 Å². The van der Waals surface area contributed by atoms with Gasteiger partial charge in [-0.2, -0.15) is 0 Å². The van der Waals surface area contributed by atoms with Crippen molar-refractivity contribution in [2.24, 2.45) is 5.73 Å². The van der Waals surface area contributed by atoms with E-state index in [-0.39, 0.29) is 0 Å². The molecule has 0 heterocycles. The van der Waals surface area contributed by atoms with E-state index in [4.69, 9.17) is 5.73 Å². The Morgan fingerprint density at radius 1 is 0.667 bits per heavy atom. The Morgan fingerprint density at radius 3 is 2.08 bits per heavy atom. The van der Waals surface area contributed by atoms with Gasteiger partial charge in [-0.05, 0) is 81.3 Å². The first kappa shape index (κ1) is 18.7. The first-order valence-corrected chi connectivity index (χ1v) is 9.24. The Balaban J connectivity index is 1.46. The lowest BCUT2D eigenvalue weighted by molar-refractivity contribution is 0.572. The summed E-state index contributed by atoms with van der Waals surface area (Å²) in [6, 6.07) is 15.0. The van der Waals surface area contributed by atoms with Gasteiger partial charge in [-0.15, -0.1) is 0 Å². The zero-order valence-electron chi connectivity index (χ0n) is 14.7. The number of hydrogen-bond donors (Lipinski definition) is 4. The molecule has 0 aromatic heterocycles. The van der Waals surface area contributed by atoms with Gasteiger partial charge in [0.05, 0.1) is 0 Å². The van der Waals surface area contributed by atoms with Gasteiger partial charge in [0.25, 0.3) is 0 Å². The topological polar surface area (TPSA) is 62.1 Å². The van der Waals surface area contributed by atoms with Crippen molar-refractivity contribution < 1.29 is 0 Å². The molecule has 0 saturated heterocycles. The molecule has 0 unspecified atom stereocenters. The second kappa shape index (κ2) is 11.8. The minimum atomic E-state index is 0.780. The molecule has 0 amide bonds. The summed E-state index contributed by atoms with van der Waals surface area (Å²) in [5.41, 5.74) is 6.66. The van der Waals surface area contributed by atoms with E-state index in [0.29, 0.717) is 0 Å². The van der Waals surface area contributed by atoms with Crippen LogP contribution in [0.2, 0.25) is 0 Å². The van der Waals surface area contributed by atoms with Gasteiger partial charge in [-0.25, -0.2) is 0 Å². The van der Waals surface area contributed by atoms with Gasteiger partial charge in [-0.3, -0.25) is 0 Å². The number of anilines is 1. The second-order valence-corrected chi connectivity index (χ2v) is 6.19. The van der Waals surface area contributed by atoms with Gasteiger partial charge in [0.15, 0.2) is 0 Å². The average Bonchev–Trinajstić information content (AvgIpc) is 2.62. The first-order chi connectivity index (χ1) is 11.9. The van der Waals surface area contributed by atoms with Crippen LogP contribution in [-0.4, -0.2) is 39.3 Å². The highest BCUT2D eigenvalue weighted by atomic mass is 14.9. The van der Waals surface area contributed by atoms with E-state index in [1.807, 2.05) is 0 Å². The molecule has 2 aromatic rings. The standard InChI is InChI=1S/C20H32N4/c21-11-5-14-22-12-3-4-13-23-15-6-16-24-20-10-9-18-7-1-2-8-19(18)17-20/h1-2,7-10,17,22-24H,3-6,11-16,21H2. The number of unbranched alkanes of at least 4 members (excludes halogenated alkanes) is 1. The van der Waals surface area contributed by atoms with Crippen molar-refractivity contribution in [3.63, 3.8) is 0 Å². The molecule has 0 fully saturated rings. The summed E-state index contributed by atoms with van der Waals surface area (Å²) in [5, 5.41) is 13.0. The number of nitrogens with one attached hydrogen (secondary N) is 3. The molecule has 0 aliphatic heterocycles. The lowest BCUT2D eigenvalue weighted by atomic mass is 10.1. The molecule has 0 aliphatic carbocycles. The lowest BCUT2D eigenvalue weighted by Crippen LogP contribution is -2.22. The summed E-state index contributed by atoms with van der Waals surface area (Å²) in [6.07, 6.45) is 4.67. The molecule has 2 aromatic carbocycles. The zero-order chi connectivity index (χ0) is 16.9. The molecule has 0 atom stereocenters. The third-order valence-electron chi connectivity index (χ3n) is 4.12. The molecule has 0 saturated carbocycles. The molecule has 132 valence electrons. The van der Waals surface area contributed by atoms with E-state index in [1.54, 1.807) is 0 Å². The summed E-state index contributed by atoms with van der Waals surface area (Å²) in [5.74, 6) is 0. The van der Waals surface area contributed by atoms with Crippen molar-refractivity contribution in [2.45, 2.75) is 25.7 Å². The zero-order valence-corrected chi connectivity index (χ0v) is 14.7. The van der Waals surface area contributed by atoms with Crippen molar-refractivity contribution in [1.29, 1.82) is 0 Å². The van der Waals surface area contributed by atoms with Crippen molar-refractivity contribution in [3.05, 3.63) is 42.5 Å². The van der Waals surface area contributed by atoms with E-state index in [9.17, 15) is 0 Å². The van der Waals surface area contributed by atoms with Crippen LogP contribution in [0.1, 0.15) is 25.7 Å². The molecule has 2 rings (SSSR count). The van der Waals surface area contributed by atoms with Gasteiger partial charge < -0.3 is 21.7 Å². The van der Waals surface area contributed by atoms with Crippen LogP contribution in [0, 0.1) is 0 Å². The quantitative estimate of drug-likeness (QED) is 0.427. The van der Waals surface area contributed by atoms with E-state index in [1.165, 1.54) is 29.3 Å². The average molecular weight is 329 g/mol. The van der Waals surface area contributed by atoms with Crippen molar-refractivity contribution in [3.8, 4) is 0 Å². The van der Waals surface area contributed by atoms with Crippen LogP contribution >= 0.6 is 0 Å². The van der Waals surface area contributed by atoms with Gasteiger partial charge in [-0.1, -0.05) is 30.3 Å². The van der Waals surface area contributed by atoms with Crippen LogP contribution in [0.15, 0.2) is 42.5 Å². The Hall–Kier alpha value is -1.62. The van der Waals surface area contributed by atoms with Crippen molar-refractivity contribution >= 4 is 16.5 Å². The molecule has 0 spiro atoms. The molecule has 4 heteroatoms. The Bertz CT molecular complexity index is 570. The Labute approximate surface area is 146 Å². The summed E-state index contributed by atoms with van der Waals surface area (Å²) in [7, 11) is 0. The maximum absolute atomic E-state index is 5.46. The second-order valence-electron chi connectivity index (χ2n) is 6.19. The van der Waals surface area contributed by atoms with Crippen molar-refractivity contribution in [1.82, 2.24) is 10.6 Å². The SMILES string of the molecule is NCCCNCCCCNCCCNc1ccc2ccccc2c1. The fourth-order valence-corrected chi connectivity index (χ4v) is 2.72. The third kappa shape index (κ3) is 7.30. The molecule has 24 heavy (non-hydrogen) atoms. The number of fused-ring (bicyclic) bond motifs is 1. The third-order valence-corrected chi connectivity index (χ3v) is 4.12. The number of benzene rings is 2. The van der Waals surface area contributed by atoms with Crippen molar-refractivity contribution in [2.75, 3.05) is 44.6 Å². The molecular weight excluding hydrogens is 296 g/mol. The highest BCUT2D eigenvalue weighted by Gasteiger charge is 1.96. The summed E-state index contributed by atoms with van der Waals surface area (Å²) < 4.78 is 0. The molecule has 4 nitrogen and oxygen atoms in total. The Kier molecular flexibility index (Phi) is 9.24. The molecule has 0 bridgehead atoms. The first-order valence-electron chi connectivity index (χ1n) is 9.24. The lowest BCUT2D eigenvalue weighted by Gasteiger charge is -2.09. The highest BCUT2D eigenvalue weighted by Crippen LogP contribution is 2.18. The van der Waals surface area contributed by atoms with Gasteiger partial charge in [0.2, 0.25) is 0 Å². The van der Waals surface area contributed by atoms with Gasteiger partial charge in [0.1, 0.15) is 0 Å². The minimum Gasteiger partial charge on any atom is -0.385 e. The summed E-state index contributed by atoms with van der Waals surface area (Å²) in [4.78, 5) is 0. The predicted octanol–water partition coefficient (Wildman–Crippen LogP) is 2.95. The van der Waals surface area contributed by atoms with E-state index in [0.717, 1.165) is 52.1 Å². The van der Waals surface area contributed by atoms with E-state index < -0.39 is 0 Å². The van der Waals surface area contributed by atoms with Crippen LogP contribution < -0.4 is 21.7 Å². The maximum atomic E-state index is 5.46. The number of nitrogens with two attached hydrogens (primary N) is 1. The smallest absolute Gasteiger partial charge is 0.0346 e. The number of hydrogen-bond acceptors (Lipinski definition) is 4. The number of rotatable bonds is 13. The molecule has 0 aliphatic rings. The fraction of sp³-hybridized carbons (Fsp3) is 0.500. The maximum Gasteiger partial charge on any atom is 0.0346 e. The van der Waals surface area contributed by atoms with Crippen LogP contribution in [0.25, 0.3) is 10.8 Å². The molecule has 0 radical (unpaired) electrons. The largest absolute Gasteiger partial charge is 0.385 e. The normalized spacial score (nSPS) is 11.0.